The highest BCUT2D eigenvalue weighted by Gasteiger charge is 2.33. The van der Waals surface area contributed by atoms with E-state index in [0.29, 0.717) is 6.04 Å². The molecule has 0 aromatic heterocycles. The molecule has 1 aromatic carbocycles. The molecule has 3 heteroatoms. The van der Waals surface area contributed by atoms with E-state index in [1.165, 1.54) is 18.6 Å². The van der Waals surface area contributed by atoms with Crippen LogP contribution in [0.1, 0.15) is 26.7 Å². The first-order valence-corrected chi connectivity index (χ1v) is 6.23. The van der Waals surface area contributed by atoms with Crippen LogP contribution < -0.4 is 10.2 Å². The molecule has 0 bridgehead atoms. The van der Waals surface area contributed by atoms with Gasteiger partial charge in [0.15, 0.2) is 0 Å². The van der Waals surface area contributed by atoms with Crippen molar-refractivity contribution < 1.29 is 4.39 Å². The van der Waals surface area contributed by atoms with Crippen molar-refractivity contribution in [3.05, 3.63) is 30.1 Å². The molecule has 0 saturated carbocycles. The van der Waals surface area contributed by atoms with Gasteiger partial charge >= 0.3 is 0 Å². The summed E-state index contributed by atoms with van der Waals surface area (Å²) in [5, 5.41) is 3.34. The number of halogens is 1. The fourth-order valence-corrected chi connectivity index (χ4v) is 2.53. The van der Waals surface area contributed by atoms with Crippen LogP contribution in [-0.4, -0.2) is 25.2 Å². The van der Waals surface area contributed by atoms with Gasteiger partial charge in [0.25, 0.3) is 0 Å². The highest BCUT2D eigenvalue weighted by Crippen LogP contribution is 2.32. The molecule has 1 atom stereocenters. The number of piperidine rings is 1. The molecular formula is C14H21FN2. The fourth-order valence-electron chi connectivity index (χ4n) is 2.53. The number of hydrogen-bond donors (Lipinski definition) is 1. The van der Waals surface area contributed by atoms with Crippen molar-refractivity contribution in [2.24, 2.45) is 0 Å². The van der Waals surface area contributed by atoms with Crippen LogP contribution in [0.2, 0.25) is 0 Å². The maximum Gasteiger partial charge on any atom is 0.123 e. The normalized spacial score (nSPS) is 23.8. The van der Waals surface area contributed by atoms with Gasteiger partial charge in [0.05, 0.1) is 0 Å². The first kappa shape index (κ1) is 12.4. The Morgan fingerprint density at radius 3 is 2.53 bits per heavy atom. The topological polar surface area (TPSA) is 15.3 Å². The minimum atomic E-state index is -0.172. The first-order valence-electron chi connectivity index (χ1n) is 6.23. The summed E-state index contributed by atoms with van der Waals surface area (Å²) in [5.41, 5.74) is 1.25. The lowest BCUT2D eigenvalue weighted by molar-refractivity contribution is 0.313. The van der Waals surface area contributed by atoms with E-state index in [1.807, 2.05) is 19.2 Å². The average molecular weight is 236 g/mol. The van der Waals surface area contributed by atoms with Crippen molar-refractivity contribution >= 4 is 5.69 Å². The van der Waals surface area contributed by atoms with E-state index < -0.39 is 0 Å². The van der Waals surface area contributed by atoms with Crippen molar-refractivity contribution in [2.45, 2.75) is 38.3 Å². The summed E-state index contributed by atoms with van der Waals surface area (Å²) < 4.78 is 13.0. The molecule has 1 aromatic rings. The third-order valence-electron chi connectivity index (χ3n) is 3.78. The predicted molar refractivity (Wildman–Crippen MR) is 69.9 cm³/mol. The molecule has 1 unspecified atom stereocenters. The van der Waals surface area contributed by atoms with Gasteiger partial charge in [-0.1, -0.05) is 0 Å². The van der Waals surface area contributed by atoms with Crippen LogP contribution in [0.15, 0.2) is 24.3 Å². The van der Waals surface area contributed by atoms with Gasteiger partial charge in [0, 0.05) is 23.8 Å². The van der Waals surface area contributed by atoms with Gasteiger partial charge in [0.2, 0.25) is 0 Å². The van der Waals surface area contributed by atoms with Crippen molar-refractivity contribution in [2.75, 3.05) is 18.5 Å². The summed E-state index contributed by atoms with van der Waals surface area (Å²) in [6.45, 7) is 5.49. The largest absolute Gasteiger partial charge is 0.365 e. The Morgan fingerprint density at radius 1 is 1.29 bits per heavy atom. The number of benzene rings is 1. The Balaban J connectivity index is 2.23. The molecule has 1 aliphatic rings. The van der Waals surface area contributed by atoms with Crippen molar-refractivity contribution in [1.82, 2.24) is 5.32 Å². The van der Waals surface area contributed by atoms with E-state index in [0.717, 1.165) is 18.7 Å². The molecule has 0 radical (unpaired) electrons. The summed E-state index contributed by atoms with van der Waals surface area (Å²) in [7, 11) is 2.01. The summed E-state index contributed by atoms with van der Waals surface area (Å²) in [6.07, 6.45) is 2.34. The van der Waals surface area contributed by atoms with E-state index in [1.54, 1.807) is 0 Å². The highest BCUT2D eigenvalue weighted by molar-refractivity contribution is 5.49. The van der Waals surface area contributed by atoms with E-state index >= 15 is 0 Å². The second kappa shape index (κ2) is 4.65. The summed E-state index contributed by atoms with van der Waals surface area (Å²) in [6, 6.07) is 7.33. The molecule has 2 nitrogen and oxygen atoms in total. The molecule has 17 heavy (non-hydrogen) atoms. The number of nitrogens with zero attached hydrogens (tertiary/aromatic N) is 1. The molecule has 0 amide bonds. The van der Waals surface area contributed by atoms with Crippen molar-refractivity contribution in [3.8, 4) is 0 Å². The average Bonchev–Trinajstić information content (AvgIpc) is 2.30. The number of nitrogens with one attached hydrogen (secondary N) is 1. The van der Waals surface area contributed by atoms with Gasteiger partial charge < -0.3 is 10.2 Å². The molecule has 2 rings (SSSR count). The maximum atomic E-state index is 13.0. The fraction of sp³-hybridized carbons (Fsp3) is 0.571. The molecule has 1 fully saturated rings. The lowest BCUT2D eigenvalue weighted by Crippen LogP contribution is -2.55. The minimum Gasteiger partial charge on any atom is -0.365 e. The predicted octanol–water partition coefficient (Wildman–Crippen LogP) is 2.79. The van der Waals surface area contributed by atoms with Gasteiger partial charge in [-0.05, 0) is 58.0 Å². The number of anilines is 1. The van der Waals surface area contributed by atoms with Gasteiger partial charge in [-0.3, -0.25) is 0 Å². The van der Waals surface area contributed by atoms with Gasteiger partial charge in [0.1, 0.15) is 5.82 Å². The summed E-state index contributed by atoms with van der Waals surface area (Å²) in [4.78, 5) is 2.37. The van der Waals surface area contributed by atoms with E-state index in [2.05, 4.69) is 24.1 Å². The van der Waals surface area contributed by atoms with Crippen molar-refractivity contribution in [3.63, 3.8) is 0 Å². The Morgan fingerprint density at radius 2 is 1.94 bits per heavy atom. The third kappa shape index (κ3) is 2.60. The zero-order valence-electron chi connectivity index (χ0n) is 10.8. The lowest BCUT2D eigenvalue weighted by Gasteiger charge is -2.47. The number of likely N-dealkylation sites (N-methyl/N-ethyl adjacent to an activating group) is 1. The monoisotopic (exact) mass is 236 g/mol. The zero-order valence-corrected chi connectivity index (χ0v) is 10.8. The Kier molecular flexibility index (Phi) is 3.38. The second-order valence-corrected chi connectivity index (χ2v) is 5.42. The van der Waals surface area contributed by atoms with Crippen LogP contribution in [0.25, 0.3) is 0 Å². The Labute approximate surface area is 103 Å². The highest BCUT2D eigenvalue weighted by atomic mass is 19.1. The summed E-state index contributed by atoms with van der Waals surface area (Å²) >= 11 is 0. The standard InChI is InChI=1S/C14H21FN2/c1-14(2)9-8-12(16-3)10-17(14)13-6-4-11(15)5-7-13/h4-7,12,16H,8-10H2,1-3H3. The van der Waals surface area contributed by atoms with Crippen LogP contribution in [0, 0.1) is 5.82 Å². The van der Waals surface area contributed by atoms with E-state index in [4.69, 9.17) is 0 Å². The van der Waals surface area contributed by atoms with Crippen molar-refractivity contribution in [1.29, 1.82) is 0 Å². The molecule has 1 saturated heterocycles. The molecule has 1 aliphatic heterocycles. The van der Waals surface area contributed by atoms with Crippen LogP contribution in [0.3, 0.4) is 0 Å². The quantitative estimate of drug-likeness (QED) is 0.849. The van der Waals surface area contributed by atoms with Crippen LogP contribution in [0.5, 0.6) is 0 Å². The minimum absolute atomic E-state index is 0.144. The third-order valence-corrected chi connectivity index (χ3v) is 3.78. The smallest absolute Gasteiger partial charge is 0.123 e. The zero-order chi connectivity index (χ0) is 12.5. The maximum absolute atomic E-state index is 13.0. The van der Waals surface area contributed by atoms with E-state index in [9.17, 15) is 4.39 Å². The van der Waals surface area contributed by atoms with Gasteiger partial charge in [-0.15, -0.1) is 0 Å². The number of hydrogen-bond acceptors (Lipinski definition) is 2. The number of rotatable bonds is 2. The van der Waals surface area contributed by atoms with Gasteiger partial charge in [-0.2, -0.15) is 0 Å². The molecule has 0 spiro atoms. The molecule has 94 valence electrons. The SMILES string of the molecule is CNC1CCC(C)(C)N(c2ccc(F)cc2)C1. The van der Waals surface area contributed by atoms with Crippen LogP contribution >= 0.6 is 0 Å². The summed E-state index contributed by atoms with van der Waals surface area (Å²) in [5.74, 6) is -0.172. The van der Waals surface area contributed by atoms with Gasteiger partial charge in [-0.25, -0.2) is 4.39 Å². The molecule has 1 heterocycles. The lowest BCUT2D eigenvalue weighted by atomic mass is 9.87. The molecular weight excluding hydrogens is 215 g/mol. The Hall–Kier alpha value is -1.09. The Bertz CT molecular complexity index is 372. The molecule has 0 aliphatic carbocycles. The van der Waals surface area contributed by atoms with E-state index in [-0.39, 0.29) is 11.4 Å². The van der Waals surface area contributed by atoms with Crippen LogP contribution in [-0.2, 0) is 0 Å². The molecule has 1 N–H and O–H groups in total. The first-order chi connectivity index (χ1) is 8.03. The second-order valence-electron chi connectivity index (χ2n) is 5.42. The van der Waals surface area contributed by atoms with Crippen LogP contribution in [0.4, 0.5) is 10.1 Å².